The molecule has 2 heterocycles. The summed E-state index contributed by atoms with van der Waals surface area (Å²) in [6, 6.07) is 12.8. The van der Waals surface area contributed by atoms with Crippen molar-refractivity contribution in [2.24, 2.45) is 0 Å². The SMILES string of the molecule is Nc1n[nH]c2cc(Nc3ncc(Cl)c(Nc4ccccc4CNS(=O)O)n3)ccc12. The highest BCUT2D eigenvalue weighted by molar-refractivity contribution is 7.77. The molecule has 0 amide bonds. The number of benzene rings is 2. The Balaban J connectivity index is 1.57. The number of nitrogens with two attached hydrogens (primary N) is 1. The summed E-state index contributed by atoms with van der Waals surface area (Å²) in [7, 11) is 0. The van der Waals surface area contributed by atoms with Gasteiger partial charge in [0.1, 0.15) is 5.02 Å². The summed E-state index contributed by atoms with van der Waals surface area (Å²) in [5, 5.41) is 14.3. The van der Waals surface area contributed by atoms with Crippen LogP contribution >= 0.6 is 11.6 Å². The lowest BCUT2D eigenvalue weighted by molar-refractivity contribution is 0.549. The Morgan fingerprint density at radius 2 is 2.03 bits per heavy atom. The second-order valence-electron chi connectivity index (χ2n) is 6.24. The number of nitrogen functional groups attached to an aromatic ring is 1. The minimum Gasteiger partial charge on any atom is -0.382 e. The summed E-state index contributed by atoms with van der Waals surface area (Å²) >= 11 is 4.15. The second kappa shape index (κ2) is 8.63. The van der Waals surface area contributed by atoms with Crippen molar-refractivity contribution in [2.45, 2.75) is 6.54 Å². The van der Waals surface area contributed by atoms with Gasteiger partial charge in [-0.25, -0.2) is 13.9 Å². The van der Waals surface area contributed by atoms with Gasteiger partial charge in [0.2, 0.25) is 17.2 Å². The van der Waals surface area contributed by atoms with Crippen LogP contribution in [0, 0.1) is 0 Å². The molecule has 30 heavy (non-hydrogen) atoms. The zero-order valence-corrected chi connectivity index (χ0v) is 17.0. The molecule has 0 saturated carbocycles. The maximum Gasteiger partial charge on any atom is 0.232 e. The monoisotopic (exact) mass is 444 g/mol. The summed E-state index contributed by atoms with van der Waals surface area (Å²) in [5.74, 6) is 1.16. The zero-order chi connectivity index (χ0) is 21.1. The molecular formula is C18H17ClN8O2S. The van der Waals surface area contributed by atoms with Crippen LogP contribution in [0.4, 0.5) is 29.0 Å². The minimum atomic E-state index is -2.11. The number of aromatic amines is 1. The summed E-state index contributed by atoms with van der Waals surface area (Å²) < 4.78 is 22.3. The van der Waals surface area contributed by atoms with E-state index >= 15 is 0 Å². The van der Waals surface area contributed by atoms with Crippen LogP contribution in [0.25, 0.3) is 10.9 Å². The zero-order valence-electron chi connectivity index (χ0n) is 15.4. The van der Waals surface area contributed by atoms with Gasteiger partial charge in [-0.2, -0.15) is 10.1 Å². The molecular weight excluding hydrogens is 428 g/mol. The smallest absolute Gasteiger partial charge is 0.232 e. The molecule has 0 aliphatic heterocycles. The van der Waals surface area contributed by atoms with E-state index in [-0.39, 0.29) is 6.54 Å². The lowest BCUT2D eigenvalue weighted by Crippen LogP contribution is -2.16. The van der Waals surface area contributed by atoms with Gasteiger partial charge in [0, 0.05) is 23.3 Å². The molecule has 1 unspecified atom stereocenters. The minimum absolute atomic E-state index is 0.188. The number of fused-ring (bicyclic) bond motifs is 1. The third kappa shape index (κ3) is 4.49. The Labute approximate surface area is 178 Å². The third-order valence-corrected chi connectivity index (χ3v) is 4.92. The summed E-state index contributed by atoms with van der Waals surface area (Å²) in [5.41, 5.74) is 8.78. The van der Waals surface area contributed by atoms with Crippen molar-refractivity contribution in [1.82, 2.24) is 24.9 Å². The molecule has 2 aromatic heterocycles. The average Bonchev–Trinajstić information content (AvgIpc) is 3.10. The van der Waals surface area contributed by atoms with E-state index in [0.29, 0.717) is 28.3 Å². The number of nitrogens with zero attached hydrogens (tertiary/aromatic N) is 3. The highest BCUT2D eigenvalue weighted by Crippen LogP contribution is 2.28. The lowest BCUT2D eigenvalue weighted by atomic mass is 10.2. The van der Waals surface area contributed by atoms with E-state index in [1.54, 1.807) is 0 Å². The van der Waals surface area contributed by atoms with Gasteiger partial charge in [0.15, 0.2) is 11.6 Å². The van der Waals surface area contributed by atoms with Crippen molar-refractivity contribution < 1.29 is 8.76 Å². The van der Waals surface area contributed by atoms with Crippen molar-refractivity contribution in [3.8, 4) is 0 Å². The highest BCUT2D eigenvalue weighted by Gasteiger charge is 2.10. The van der Waals surface area contributed by atoms with Gasteiger partial charge in [-0.3, -0.25) is 9.65 Å². The van der Waals surface area contributed by atoms with E-state index in [4.69, 9.17) is 21.9 Å². The van der Waals surface area contributed by atoms with E-state index in [2.05, 4.69) is 35.5 Å². The molecule has 154 valence electrons. The number of aromatic nitrogens is 4. The van der Waals surface area contributed by atoms with Crippen LogP contribution in [0.1, 0.15) is 5.56 Å². The lowest BCUT2D eigenvalue weighted by Gasteiger charge is -2.13. The Bertz CT molecular complexity index is 1230. The van der Waals surface area contributed by atoms with Gasteiger partial charge in [-0.05, 0) is 29.8 Å². The fourth-order valence-electron chi connectivity index (χ4n) is 2.83. The molecule has 0 fully saturated rings. The van der Waals surface area contributed by atoms with Crippen molar-refractivity contribution in [3.05, 3.63) is 59.2 Å². The molecule has 4 aromatic rings. The van der Waals surface area contributed by atoms with Gasteiger partial charge in [-0.15, -0.1) is 0 Å². The van der Waals surface area contributed by atoms with Gasteiger partial charge < -0.3 is 16.4 Å². The van der Waals surface area contributed by atoms with Crippen LogP contribution in [-0.4, -0.2) is 28.9 Å². The van der Waals surface area contributed by atoms with E-state index in [1.807, 2.05) is 42.5 Å². The number of hydrogen-bond acceptors (Lipinski definition) is 7. The van der Waals surface area contributed by atoms with E-state index in [1.165, 1.54) is 6.20 Å². The fourth-order valence-corrected chi connectivity index (χ4v) is 3.24. The summed E-state index contributed by atoms with van der Waals surface area (Å²) in [6.07, 6.45) is 1.48. The highest BCUT2D eigenvalue weighted by atomic mass is 35.5. The first-order chi connectivity index (χ1) is 14.5. The Kier molecular flexibility index (Phi) is 5.77. The van der Waals surface area contributed by atoms with Crippen LogP contribution in [0.5, 0.6) is 0 Å². The van der Waals surface area contributed by atoms with Crippen molar-refractivity contribution >= 4 is 62.7 Å². The van der Waals surface area contributed by atoms with E-state index < -0.39 is 11.3 Å². The van der Waals surface area contributed by atoms with Crippen molar-refractivity contribution in [3.63, 3.8) is 0 Å². The first-order valence-electron chi connectivity index (χ1n) is 8.72. The quantitative estimate of drug-likeness (QED) is 0.237. The predicted molar refractivity (Wildman–Crippen MR) is 118 cm³/mol. The van der Waals surface area contributed by atoms with E-state index in [9.17, 15) is 4.21 Å². The van der Waals surface area contributed by atoms with Crippen LogP contribution in [0.3, 0.4) is 0 Å². The van der Waals surface area contributed by atoms with Gasteiger partial charge in [-0.1, -0.05) is 29.8 Å². The third-order valence-electron chi connectivity index (χ3n) is 4.25. The summed E-state index contributed by atoms with van der Waals surface area (Å²) in [6.45, 7) is 0.188. The first-order valence-corrected chi connectivity index (χ1v) is 10.2. The Hall–Kier alpha value is -3.25. The Morgan fingerprint density at radius 1 is 1.20 bits per heavy atom. The van der Waals surface area contributed by atoms with Crippen molar-refractivity contribution in [2.75, 3.05) is 16.4 Å². The number of para-hydroxylation sites is 1. The second-order valence-corrected chi connectivity index (χ2v) is 7.43. The number of H-pyrrole nitrogens is 1. The number of halogens is 1. The maximum atomic E-state index is 10.9. The molecule has 0 aliphatic rings. The molecule has 1 atom stereocenters. The normalized spacial score (nSPS) is 12.1. The van der Waals surface area contributed by atoms with Gasteiger partial charge in [0.05, 0.1) is 11.7 Å². The first kappa shape index (κ1) is 20.0. The molecule has 0 bridgehead atoms. The van der Waals surface area contributed by atoms with Gasteiger partial charge in [0.25, 0.3) is 0 Å². The predicted octanol–water partition coefficient (Wildman–Crippen LogP) is 3.30. The molecule has 7 N–H and O–H groups in total. The molecule has 0 spiro atoms. The maximum absolute atomic E-state index is 10.9. The topological polar surface area (TPSA) is 154 Å². The van der Waals surface area contributed by atoms with E-state index in [0.717, 1.165) is 22.2 Å². The van der Waals surface area contributed by atoms with Crippen LogP contribution in [0.2, 0.25) is 5.02 Å². The molecule has 12 heteroatoms. The molecule has 0 saturated heterocycles. The molecule has 10 nitrogen and oxygen atoms in total. The summed E-state index contributed by atoms with van der Waals surface area (Å²) in [4.78, 5) is 8.65. The molecule has 2 aromatic carbocycles. The largest absolute Gasteiger partial charge is 0.382 e. The Morgan fingerprint density at radius 3 is 2.87 bits per heavy atom. The van der Waals surface area contributed by atoms with Crippen LogP contribution < -0.4 is 21.1 Å². The molecule has 0 aliphatic carbocycles. The fraction of sp³-hybridized carbons (Fsp3) is 0.0556. The average molecular weight is 445 g/mol. The number of rotatable bonds is 7. The van der Waals surface area contributed by atoms with Crippen LogP contribution in [-0.2, 0) is 17.8 Å². The standard InChI is InChI=1S/C18H17ClN8O2S/c19-13-9-21-18(23-11-5-6-12-15(7-11)26-27-16(12)20)25-17(13)24-14-4-2-1-3-10(14)8-22-30(28)29/h1-7,9,22H,8H2,(H,28,29)(H3,20,26,27)(H2,21,23,24,25). The number of anilines is 5. The van der Waals surface area contributed by atoms with Crippen LogP contribution in [0.15, 0.2) is 48.7 Å². The van der Waals surface area contributed by atoms with Crippen molar-refractivity contribution in [1.29, 1.82) is 0 Å². The molecule has 0 radical (unpaired) electrons. The van der Waals surface area contributed by atoms with Gasteiger partial charge >= 0.3 is 0 Å². The number of hydrogen-bond donors (Lipinski definition) is 6. The molecule has 4 rings (SSSR count). The number of nitrogens with one attached hydrogen (secondary N) is 4.